The van der Waals surface area contributed by atoms with E-state index in [9.17, 15) is 0 Å². The number of anilines is 2. The fraction of sp³-hybridized carbons (Fsp3) is 0.538. The number of hydrogen-bond acceptors (Lipinski definition) is 2. The Hall–Kier alpha value is -0.890. The molecule has 88 valence electrons. The average molecular weight is 239 g/mol. The monoisotopic (exact) mass is 238 g/mol. The number of nitrogens with two attached hydrogens (primary N) is 1. The molecule has 1 aromatic carbocycles. The molecule has 0 aromatic heterocycles. The van der Waals surface area contributed by atoms with Crippen molar-refractivity contribution >= 4 is 23.0 Å². The van der Waals surface area contributed by atoms with Gasteiger partial charge in [0.25, 0.3) is 0 Å². The van der Waals surface area contributed by atoms with E-state index >= 15 is 0 Å². The molecule has 3 heteroatoms. The maximum Gasteiger partial charge on any atom is 0.0660 e. The molecule has 0 spiro atoms. The Kier molecular flexibility index (Phi) is 3.29. The number of nitrogen functional groups attached to an aromatic ring is 1. The second-order valence-corrected chi connectivity index (χ2v) is 5.40. The number of hydrogen-bond donors (Lipinski definition) is 1. The van der Waals surface area contributed by atoms with Crippen molar-refractivity contribution in [1.29, 1.82) is 0 Å². The highest BCUT2D eigenvalue weighted by Crippen LogP contribution is 2.36. The first-order chi connectivity index (χ1) is 7.58. The van der Waals surface area contributed by atoms with Gasteiger partial charge in [0.1, 0.15) is 0 Å². The van der Waals surface area contributed by atoms with Crippen LogP contribution in [0.3, 0.4) is 0 Å². The molecule has 1 saturated carbocycles. The zero-order valence-electron chi connectivity index (χ0n) is 9.91. The molecule has 1 fully saturated rings. The van der Waals surface area contributed by atoms with Crippen molar-refractivity contribution < 1.29 is 0 Å². The summed E-state index contributed by atoms with van der Waals surface area (Å²) in [7, 11) is 0. The van der Waals surface area contributed by atoms with Gasteiger partial charge < -0.3 is 10.6 Å². The lowest BCUT2D eigenvalue weighted by Gasteiger charge is -2.27. The van der Waals surface area contributed by atoms with Crippen LogP contribution in [-0.2, 0) is 0 Å². The second-order valence-electron chi connectivity index (χ2n) is 4.99. The van der Waals surface area contributed by atoms with Crippen molar-refractivity contribution in [2.24, 2.45) is 5.92 Å². The summed E-state index contributed by atoms with van der Waals surface area (Å²) >= 11 is 6.26. The Morgan fingerprint density at radius 3 is 2.62 bits per heavy atom. The second kappa shape index (κ2) is 4.54. The molecule has 1 aliphatic rings. The van der Waals surface area contributed by atoms with E-state index in [1.165, 1.54) is 12.8 Å². The molecule has 2 N–H and O–H groups in total. The first kappa shape index (κ1) is 11.6. The van der Waals surface area contributed by atoms with Crippen molar-refractivity contribution in [1.82, 2.24) is 0 Å². The van der Waals surface area contributed by atoms with E-state index in [2.05, 4.69) is 18.7 Å². The topological polar surface area (TPSA) is 29.3 Å². The molecule has 2 rings (SSSR count). The van der Waals surface area contributed by atoms with Crippen LogP contribution in [0.5, 0.6) is 0 Å². The summed E-state index contributed by atoms with van der Waals surface area (Å²) in [6.45, 7) is 5.54. The van der Waals surface area contributed by atoms with E-state index in [4.69, 9.17) is 17.3 Å². The maximum atomic E-state index is 6.26. The first-order valence-corrected chi connectivity index (χ1v) is 6.27. The van der Waals surface area contributed by atoms with Crippen molar-refractivity contribution in [3.63, 3.8) is 0 Å². The Bertz CT molecular complexity index is 372. The highest BCUT2D eigenvalue weighted by atomic mass is 35.5. The third-order valence-corrected chi connectivity index (χ3v) is 3.13. The van der Waals surface area contributed by atoms with E-state index in [0.29, 0.717) is 12.0 Å². The minimum Gasteiger partial charge on any atom is -0.399 e. The van der Waals surface area contributed by atoms with Crippen LogP contribution in [0.25, 0.3) is 0 Å². The van der Waals surface area contributed by atoms with Gasteiger partial charge in [-0.2, -0.15) is 0 Å². The Labute approximate surface area is 102 Å². The normalized spacial score (nSPS) is 15.5. The number of nitrogens with zero attached hydrogens (tertiary/aromatic N) is 1. The smallest absolute Gasteiger partial charge is 0.0660 e. The van der Waals surface area contributed by atoms with Gasteiger partial charge in [-0.3, -0.25) is 0 Å². The van der Waals surface area contributed by atoms with Gasteiger partial charge in [0, 0.05) is 18.3 Å². The van der Waals surface area contributed by atoms with Gasteiger partial charge in [-0.15, -0.1) is 0 Å². The Balaban J connectivity index is 2.24. The molecule has 0 bridgehead atoms. The van der Waals surface area contributed by atoms with Crippen LogP contribution in [0.2, 0.25) is 5.02 Å². The van der Waals surface area contributed by atoms with Crippen LogP contribution in [0.4, 0.5) is 11.4 Å². The molecule has 1 aromatic rings. The van der Waals surface area contributed by atoms with Crippen molar-refractivity contribution in [3.8, 4) is 0 Å². The predicted octanol–water partition coefficient (Wildman–Crippen LogP) is 3.55. The average Bonchev–Trinajstić information content (AvgIpc) is 2.97. The summed E-state index contributed by atoms with van der Waals surface area (Å²) in [5, 5.41) is 0.771. The Morgan fingerprint density at radius 2 is 2.12 bits per heavy atom. The van der Waals surface area contributed by atoms with Crippen LogP contribution >= 0.6 is 11.6 Å². The first-order valence-electron chi connectivity index (χ1n) is 5.89. The molecule has 0 amide bonds. The molecule has 1 aliphatic carbocycles. The van der Waals surface area contributed by atoms with E-state index in [1.54, 1.807) is 0 Å². The Morgan fingerprint density at radius 1 is 1.44 bits per heavy atom. The van der Waals surface area contributed by atoms with Gasteiger partial charge in [0.05, 0.1) is 10.7 Å². The zero-order chi connectivity index (χ0) is 11.7. The van der Waals surface area contributed by atoms with E-state index in [-0.39, 0.29) is 0 Å². The molecule has 2 nitrogen and oxygen atoms in total. The van der Waals surface area contributed by atoms with Crippen molar-refractivity contribution in [3.05, 3.63) is 23.2 Å². The van der Waals surface area contributed by atoms with Gasteiger partial charge >= 0.3 is 0 Å². The largest absolute Gasteiger partial charge is 0.399 e. The minimum absolute atomic E-state index is 0.647. The summed E-state index contributed by atoms with van der Waals surface area (Å²) in [5.74, 6) is 0.647. The fourth-order valence-electron chi connectivity index (χ4n) is 1.98. The quantitative estimate of drug-likeness (QED) is 0.813. The molecular weight excluding hydrogens is 220 g/mol. The van der Waals surface area contributed by atoms with Crippen LogP contribution in [0.15, 0.2) is 18.2 Å². The molecule has 0 unspecified atom stereocenters. The fourth-order valence-corrected chi connectivity index (χ4v) is 2.28. The molecule has 0 aliphatic heterocycles. The third-order valence-electron chi connectivity index (χ3n) is 2.83. The van der Waals surface area contributed by atoms with Gasteiger partial charge in [0.15, 0.2) is 0 Å². The van der Waals surface area contributed by atoms with E-state index in [0.717, 1.165) is 22.9 Å². The van der Waals surface area contributed by atoms with Crippen LogP contribution in [0, 0.1) is 5.92 Å². The molecule has 0 heterocycles. The van der Waals surface area contributed by atoms with Gasteiger partial charge in [0.2, 0.25) is 0 Å². The van der Waals surface area contributed by atoms with Crippen molar-refractivity contribution in [2.45, 2.75) is 32.7 Å². The molecule has 0 atom stereocenters. The number of halogens is 1. The third kappa shape index (κ3) is 2.62. The van der Waals surface area contributed by atoms with Gasteiger partial charge in [-0.05, 0) is 37.0 Å². The van der Waals surface area contributed by atoms with E-state index in [1.807, 2.05) is 18.2 Å². The van der Waals surface area contributed by atoms with Crippen LogP contribution in [-0.4, -0.2) is 12.6 Å². The number of rotatable bonds is 4. The van der Waals surface area contributed by atoms with E-state index < -0.39 is 0 Å². The molecular formula is C13H19ClN2. The van der Waals surface area contributed by atoms with Gasteiger partial charge in [-0.1, -0.05) is 25.4 Å². The molecule has 16 heavy (non-hydrogen) atoms. The summed E-state index contributed by atoms with van der Waals surface area (Å²) in [5.41, 5.74) is 7.58. The summed E-state index contributed by atoms with van der Waals surface area (Å²) in [6.07, 6.45) is 2.57. The lowest BCUT2D eigenvalue weighted by Crippen LogP contribution is -2.30. The molecule has 0 radical (unpaired) electrons. The minimum atomic E-state index is 0.647. The van der Waals surface area contributed by atoms with Crippen LogP contribution < -0.4 is 10.6 Å². The SMILES string of the molecule is CC(C)CN(c1ccc(N)cc1Cl)C1CC1. The van der Waals surface area contributed by atoms with Crippen LogP contribution in [0.1, 0.15) is 26.7 Å². The highest BCUT2D eigenvalue weighted by molar-refractivity contribution is 6.33. The summed E-state index contributed by atoms with van der Waals surface area (Å²) in [4.78, 5) is 2.42. The molecule has 0 saturated heterocycles. The summed E-state index contributed by atoms with van der Waals surface area (Å²) in [6, 6.07) is 6.49. The number of benzene rings is 1. The van der Waals surface area contributed by atoms with Gasteiger partial charge in [-0.25, -0.2) is 0 Å². The maximum absolute atomic E-state index is 6.26. The zero-order valence-corrected chi connectivity index (χ0v) is 10.7. The standard InChI is InChI=1S/C13H19ClN2/c1-9(2)8-16(11-4-5-11)13-6-3-10(15)7-12(13)14/h3,6-7,9,11H,4-5,8,15H2,1-2H3. The highest BCUT2D eigenvalue weighted by Gasteiger charge is 2.30. The lowest BCUT2D eigenvalue weighted by molar-refractivity contribution is 0.607. The lowest BCUT2D eigenvalue weighted by atomic mass is 10.1. The summed E-state index contributed by atoms with van der Waals surface area (Å²) < 4.78 is 0. The predicted molar refractivity (Wildman–Crippen MR) is 71.1 cm³/mol. The van der Waals surface area contributed by atoms with Crippen molar-refractivity contribution in [2.75, 3.05) is 17.2 Å².